The van der Waals surface area contributed by atoms with Crippen molar-refractivity contribution in [2.75, 3.05) is 10.6 Å². The Kier molecular flexibility index (Phi) is 4.39. The summed E-state index contributed by atoms with van der Waals surface area (Å²) in [5.74, 6) is -0.118. The topological polar surface area (TPSA) is 89.9 Å². The number of aryl methyl sites for hydroxylation is 2. The lowest BCUT2D eigenvalue weighted by Gasteiger charge is -2.32. The zero-order valence-corrected chi connectivity index (χ0v) is 15.9. The van der Waals surface area contributed by atoms with Crippen molar-refractivity contribution in [3.05, 3.63) is 47.3 Å². The van der Waals surface area contributed by atoms with Crippen LogP contribution in [-0.2, 0) is 7.05 Å². The average molecular weight is 408 g/mol. The van der Waals surface area contributed by atoms with E-state index in [1.54, 1.807) is 37.7 Å². The Morgan fingerprint density at radius 3 is 2.69 bits per heavy atom. The summed E-state index contributed by atoms with van der Waals surface area (Å²) in [4.78, 5) is 12.7. The third-order valence-electron chi connectivity index (χ3n) is 5.06. The van der Waals surface area contributed by atoms with E-state index >= 15 is 0 Å². The van der Waals surface area contributed by atoms with Gasteiger partial charge in [-0.05, 0) is 26.0 Å². The number of fused-ring (bicyclic) bond motifs is 1. The largest absolute Gasteiger partial charge is 0.467 e. The minimum absolute atomic E-state index is 0.102. The van der Waals surface area contributed by atoms with Crippen LogP contribution >= 0.6 is 0 Å². The van der Waals surface area contributed by atoms with Crippen LogP contribution in [0, 0.1) is 13.8 Å². The van der Waals surface area contributed by atoms with E-state index < -0.39 is 24.2 Å². The number of amides is 1. The third-order valence-corrected chi connectivity index (χ3v) is 5.06. The van der Waals surface area contributed by atoms with Crippen molar-refractivity contribution in [2.24, 2.45) is 7.05 Å². The van der Waals surface area contributed by atoms with Crippen LogP contribution in [0.3, 0.4) is 0 Å². The molecule has 0 radical (unpaired) electrons. The first kappa shape index (κ1) is 19.1. The van der Waals surface area contributed by atoms with Crippen molar-refractivity contribution >= 4 is 17.4 Å². The molecule has 11 heteroatoms. The van der Waals surface area contributed by atoms with Gasteiger partial charge in [0.05, 0.1) is 29.4 Å². The summed E-state index contributed by atoms with van der Waals surface area (Å²) in [5, 5.41) is 13.8. The second kappa shape index (κ2) is 6.68. The van der Waals surface area contributed by atoms with E-state index in [9.17, 15) is 18.0 Å². The number of furan rings is 1. The Morgan fingerprint density at radius 2 is 2.10 bits per heavy atom. The SMILES string of the molecule is Cc1nn(C)c(C)c1NC(=O)c1cc2n(n1)[C@H](C(F)(F)F)C[C@H](c1ccco1)N2. The van der Waals surface area contributed by atoms with E-state index in [4.69, 9.17) is 4.42 Å². The first-order valence-electron chi connectivity index (χ1n) is 8.93. The molecule has 4 heterocycles. The minimum Gasteiger partial charge on any atom is -0.467 e. The van der Waals surface area contributed by atoms with Gasteiger partial charge in [-0.1, -0.05) is 0 Å². The summed E-state index contributed by atoms with van der Waals surface area (Å²) in [5.41, 5.74) is 1.72. The Balaban J connectivity index is 1.66. The maximum absolute atomic E-state index is 13.7. The number of alkyl halides is 3. The van der Waals surface area contributed by atoms with E-state index in [-0.39, 0.29) is 17.9 Å². The van der Waals surface area contributed by atoms with E-state index in [1.807, 2.05) is 0 Å². The Morgan fingerprint density at radius 1 is 1.34 bits per heavy atom. The molecule has 0 fully saturated rings. The van der Waals surface area contributed by atoms with Gasteiger partial charge in [0.2, 0.25) is 0 Å². The van der Waals surface area contributed by atoms with Gasteiger partial charge >= 0.3 is 6.18 Å². The van der Waals surface area contributed by atoms with Crippen molar-refractivity contribution < 1.29 is 22.4 Å². The second-order valence-corrected chi connectivity index (χ2v) is 6.99. The second-order valence-electron chi connectivity index (χ2n) is 6.99. The van der Waals surface area contributed by atoms with E-state index in [0.29, 0.717) is 17.1 Å². The number of rotatable bonds is 3. The van der Waals surface area contributed by atoms with Gasteiger partial charge in [0.1, 0.15) is 11.6 Å². The maximum atomic E-state index is 13.7. The summed E-state index contributed by atoms with van der Waals surface area (Å²) in [7, 11) is 1.74. The molecule has 0 saturated carbocycles. The van der Waals surface area contributed by atoms with Crippen molar-refractivity contribution in [1.29, 1.82) is 0 Å². The summed E-state index contributed by atoms with van der Waals surface area (Å²) in [6.07, 6.45) is -3.42. The van der Waals surface area contributed by atoms with Gasteiger partial charge in [-0.15, -0.1) is 0 Å². The number of nitrogens with zero attached hydrogens (tertiary/aromatic N) is 4. The van der Waals surface area contributed by atoms with E-state index in [1.165, 1.54) is 12.3 Å². The third kappa shape index (κ3) is 3.36. The van der Waals surface area contributed by atoms with Crippen LogP contribution in [-0.4, -0.2) is 31.6 Å². The summed E-state index contributed by atoms with van der Waals surface area (Å²) in [6.45, 7) is 3.51. The van der Waals surface area contributed by atoms with Crippen molar-refractivity contribution in [1.82, 2.24) is 19.6 Å². The molecule has 8 nitrogen and oxygen atoms in total. The first-order valence-corrected chi connectivity index (χ1v) is 8.93. The number of carbonyl (C=O) groups is 1. The van der Waals surface area contributed by atoms with Crippen LogP contribution < -0.4 is 10.6 Å². The molecule has 154 valence electrons. The number of aromatic nitrogens is 4. The van der Waals surface area contributed by atoms with Crippen LogP contribution in [0.5, 0.6) is 0 Å². The van der Waals surface area contributed by atoms with Crippen molar-refractivity contribution in [2.45, 2.75) is 38.5 Å². The summed E-state index contributed by atoms with van der Waals surface area (Å²) >= 11 is 0. The molecule has 1 aliphatic heterocycles. The lowest BCUT2D eigenvalue weighted by atomic mass is 10.0. The van der Waals surface area contributed by atoms with Crippen LogP contribution in [0.1, 0.15) is 46.1 Å². The highest BCUT2D eigenvalue weighted by atomic mass is 19.4. The van der Waals surface area contributed by atoms with Crippen LogP contribution in [0.2, 0.25) is 0 Å². The first-order chi connectivity index (χ1) is 13.6. The van der Waals surface area contributed by atoms with Crippen molar-refractivity contribution in [3.63, 3.8) is 0 Å². The molecule has 0 saturated heterocycles. The fraction of sp³-hybridized carbons (Fsp3) is 0.389. The predicted molar refractivity (Wildman–Crippen MR) is 97.6 cm³/mol. The van der Waals surface area contributed by atoms with E-state index in [0.717, 1.165) is 10.4 Å². The molecule has 0 unspecified atom stereocenters. The fourth-order valence-corrected chi connectivity index (χ4v) is 3.49. The average Bonchev–Trinajstić information content (AvgIpc) is 3.36. The molecule has 29 heavy (non-hydrogen) atoms. The minimum atomic E-state index is -4.53. The van der Waals surface area contributed by atoms with Gasteiger partial charge in [0, 0.05) is 19.5 Å². The van der Waals surface area contributed by atoms with Gasteiger partial charge < -0.3 is 15.1 Å². The Bertz CT molecular complexity index is 1050. The van der Waals surface area contributed by atoms with Crippen LogP contribution in [0.25, 0.3) is 0 Å². The number of carbonyl (C=O) groups excluding carboxylic acids is 1. The van der Waals surface area contributed by atoms with E-state index in [2.05, 4.69) is 20.8 Å². The molecule has 0 bridgehead atoms. The quantitative estimate of drug-likeness (QED) is 0.689. The number of hydrogen-bond acceptors (Lipinski definition) is 5. The highest BCUT2D eigenvalue weighted by Crippen LogP contribution is 2.43. The van der Waals surface area contributed by atoms with Crippen molar-refractivity contribution in [3.8, 4) is 0 Å². The molecule has 1 aliphatic rings. The number of hydrogen-bond donors (Lipinski definition) is 2. The number of nitrogens with one attached hydrogen (secondary N) is 2. The normalized spacial score (nSPS) is 19.0. The van der Waals surface area contributed by atoms with Gasteiger partial charge in [-0.2, -0.15) is 23.4 Å². The Hall–Kier alpha value is -3.24. The lowest BCUT2D eigenvalue weighted by molar-refractivity contribution is -0.174. The monoisotopic (exact) mass is 408 g/mol. The molecule has 0 aliphatic carbocycles. The molecule has 0 aromatic carbocycles. The number of halogens is 3. The smallest absolute Gasteiger partial charge is 0.410 e. The summed E-state index contributed by atoms with van der Waals surface area (Å²) < 4.78 is 48.7. The fourth-order valence-electron chi connectivity index (χ4n) is 3.49. The van der Waals surface area contributed by atoms with Gasteiger partial charge in [-0.3, -0.25) is 9.48 Å². The molecule has 3 aromatic rings. The molecule has 0 spiro atoms. The molecular formula is C18H19F3N6O2. The molecule has 2 atom stereocenters. The lowest BCUT2D eigenvalue weighted by Crippen LogP contribution is -2.35. The standard InChI is InChI=1S/C18H19F3N6O2/c1-9-16(10(2)26(3)24-9)23-17(28)12-8-15-22-11(13-5-4-6-29-13)7-14(18(19,20)21)27(15)25-12/h4-6,8,11,14,22H,7H2,1-3H3,(H,23,28)/t11-,14+/m1/s1. The molecule has 4 rings (SSSR count). The van der Waals surface area contributed by atoms with Crippen LogP contribution in [0.4, 0.5) is 24.7 Å². The summed E-state index contributed by atoms with van der Waals surface area (Å²) in [6, 6.07) is 1.98. The Labute approximate surface area is 163 Å². The highest BCUT2D eigenvalue weighted by molar-refractivity contribution is 6.04. The molecule has 3 aromatic heterocycles. The highest BCUT2D eigenvalue weighted by Gasteiger charge is 2.47. The molecule has 2 N–H and O–H groups in total. The van der Waals surface area contributed by atoms with Gasteiger partial charge in [-0.25, -0.2) is 4.68 Å². The zero-order valence-electron chi connectivity index (χ0n) is 15.9. The molecular weight excluding hydrogens is 389 g/mol. The van der Waals surface area contributed by atoms with Gasteiger partial charge in [0.15, 0.2) is 11.7 Å². The van der Waals surface area contributed by atoms with Gasteiger partial charge in [0.25, 0.3) is 5.91 Å². The maximum Gasteiger partial charge on any atom is 0.410 e. The molecule has 1 amide bonds. The van der Waals surface area contributed by atoms with Crippen LogP contribution in [0.15, 0.2) is 28.9 Å². The zero-order chi connectivity index (χ0) is 20.9. The number of anilines is 2. The predicted octanol–water partition coefficient (Wildman–Crippen LogP) is 3.74.